The van der Waals surface area contributed by atoms with Crippen molar-refractivity contribution < 1.29 is 5.11 Å². The molecule has 4 nitrogen and oxygen atoms in total. The van der Waals surface area contributed by atoms with Crippen LogP contribution >= 0.6 is 0 Å². The SMILES string of the molecule is C=Cc1ccnc(NCC2(O)CCC2)c1N=C. The molecule has 0 spiro atoms. The molecule has 0 aliphatic heterocycles. The van der Waals surface area contributed by atoms with Crippen LogP contribution in [0.1, 0.15) is 24.8 Å². The molecule has 4 heteroatoms. The monoisotopic (exact) mass is 231 g/mol. The molecule has 0 unspecified atom stereocenters. The minimum atomic E-state index is -0.579. The normalized spacial score (nSPS) is 17.0. The fraction of sp³-hybridized carbons (Fsp3) is 0.385. The van der Waals surface area contributed by atoms with E-state index in [0.29, 0.717) is 18.1 Å². The highest BCUT2D eigenvalue weighted by molar-refractivity contribution is 5.75. The maximum absolute atomic E-state index is 10.0. The first-order valence-electron chi connectivity index (χ1n) is 5.73. The van der Waals surface area contributed by atoms with E-state index in [0.717, 1.165) is 24.8 Å². The van der Waals surface area contributed by atoms with E-state index in [4.69, 9.17) is 0 Å². The summed E-state index contributed by atoms with van der Waals surface area (Å²) in [5.74, 6) is 0.651. The minimum absolute atomic E-state index is 0.503. The van der Waals surface area contributed by atoms with Crippen LogP contribution < -0.4 is 5.32 Å². The molecule has 1 aromatic rings. The van der Waals surface area contributed by atoms with Gasteiger partial charge < -0.3 is 10.4 Å². The fourth-order valence-electron chi connectivity index (χ4n) is 1.94. The lowest BCUT2D eigenvalue weighted by atomic mass is 9.80. The molecule has 0 saturated heterocycles. The molecule has 0 bridgehead atoms. The summed E-state index contributed by atoms with van der Waals surface area (Å²) in [7, 11) is 0. The number of hydrogen-bond donors (Lipinski definition) is 2. The van der Waals surface area contributed by atoms with Gasteiger partial charge in [0, 0.05) is 18.3 Å². The molecule has 0 atom stereocenters. The first-order valence-corrected chi connectivity index (χ1v) is 5.73. The number of nitrogens with zero attached hydrogens (tertiary/aromatic N) is 2. The average molecular weight is 231 g/mol. The number of aliphatic hydroxyl groups is 1. The number of nitrogens with one attached hydrogen (secondary N) is 1. The molecule has 1 fully saturated rings. The molecule has 17 heavy (non-hydrogen) atoms. The van der Waals surface area contributed by atoms with Crippen molar-refractivity contribution in [3.8, 4) is 0 Å². The summed E-state index contributed by atoms with van der Waals surface area (Å²) in [5, 5.41) is 13.1. The Morgan fingerprint density at radius 2 is 2.35 bits per heavy atom. The van der Waals surface area contributed by atoms with E-state index < -0.39 is 5.60 Å². The highest BCUT2D eigenvalue weighted by atomic mass is 16.3. The van der Waals surface area contributed by atoms with E-state index in [1.165, 1.54) is 0 Å². The molecule has 90 valence electrons. The van der Waals surface area contributed by atoms with E-state index in [-0.39, 0.29) is 0 Å². The topological polar surface area (TPSA) is 57.5 Å². The number of hydrogen-bond acceptors (Lipinski definition) is 4. The second-order valence-electron chi connectivity index (χ2n) is 4.39. The Bertz CT molecular complexity index is 438. The zero-order valence-electron chi connectivity index (χ0n) is 9.82. The van der Waals surface area contributed by atoms with Crippen LogP contribution in [0.2, 0.25) is 0 Å². The lowest BCUT2D eigenvalue weighted by Gasteiger charge is -2.36. The smallest absolute Gasteiger partial charge is 0.152 e. The standard InChI is InChI=1S/C13H17N3O/c1-3-10-5-8-15-12(11(10)14-2)16-9-13(17)6-4-7-13/h3,5,8,17H,1-2,4,6-7,9H2,(H,15,16). The molecule has 0 aromatic carbocycles. The molecule has 0 amide bonds. The first kappa shape index (κ1) is 11.8. The minimum Gasteiger partial charge on any atom is -0.388 e. The van der Waals surface area contributed by atoms with Crippen LogP contribution in [-0.4, -0.2) is 29.0 Å². The lowest BCUT2D eigenvalue weighted by molar-refractivity contribution is -0.0202. The molecular formula is C13H17N3O. The first-order chi connectivity index (χ1) is 8.18. The predicted molar refractivity (Wildman–Crippen MR) is 70.8 cm³/mol. The third kappa shape index (κ3) is 2.36. The number of rotatable bonds is 5. The van der Waals surface area contributed by atoms with Crippen molar-refractivity contribution in [1.29, 1.82) is 0 Å². The Morgan fingerprint density at radius 1 is 1.59 bits per heavy atom. The van der Waals surface area contributed by atoms with Gasteiger partial charge in [0.15, 0.2) is 5.82 Å². The van der Waals surface area contributed by atoms with Crippen LogP contribution in [0, 0.1) is 0 Å². The number of aliphatic imine (C=N–C) groups is 1. The molecule has 1 aliphatic carbocycles. The molecule has 1 aromatic heterocycles. The molecule has 0 radical (unpaired) electrons. The molecule has 1 aliphatic rings. The van der Waals surface area contributed by atoms with Crippen LogP contribution in [0.5, 0.6) is 0 Å². The summed E-state index contributed by atoms with van der Waals surface area (Å²) in [5.41, 5.74) is 0.994. The number of pyridine rings is 1. The fourth-order valence-corrected chi connectivity index (χ4v) is 1.94. The van der Waals surface area contributed by atoms with E-state index in [9.17, 15) is 5.11 Å². The highest BCUT2D eigenvalue weighted by Crippen LogP contribution is 2.33. The van der Waals surface area contributed by atoms with Gasteiger partial charge in [-0.25, -0.2) is 4.98 Å². The second kappa shape index (κ2) is 4.67. The highest BCUT2D eigenvalue weighted by Gasteiger charge is 2.34. The molecule has 2 rings (SSSR count). The van der Waals surface area contributed by atoms with Crippen LogP contribution in [0.15, 0.2) is 23.8 Å². The lowest BCUT2D eigenvalue weighted by Crippen LogP contribution is -2.43. The molecule has 1 saturated carbocycles. The van der Waals surface area contributed by atoms with Crippen molar-refractivity contribution in [2.24, 2.45) is 4.99 Å². The van der Waals surface area contributed by atoms with E-state index in [1.807, 2.05) is 6.07 Å². The molecule has 2 N–H and O–H groups in total. The quantitative estimate of drug-likeness (QED) is 0.765. The largest absolute Gasteiger partial charge is 0.388 e. The third-order valence-electron chi connectivity index (χ3n) is 3.20. The Hall–Kier alpha value is -1.68. The Balaban J connectivity index is 2.14. The number of aromatic nitrogens is 1. The zero-order chi connectivity index (χ0) is 12.3. The van der Waals surface area contributed by atoms with Crippen LogP contribution in [-0.2, 0) is 0 Å². The Kier molecular flexibility index (Phi) is 3.24. The second-order valence-corrected chi connectivity index (χ2v) is 4.39. The maximum atomic E-state index is 10.0. The third-order valence-corrected chi connectivity index (χ3v) is 3.20. The van der Waals surface area contributed by atoms with Crippen LogP contribution in [0.3, 0.4) is 0 Å². The van der Waals surface area contributed by atoms with Gasteiger partial charge >= 0.3 is 0 Å². The predicted octanol–water partition coefficient (Wildman–Crippen LogP) is 2.38. The van der Waals surface area contributed by atoms with Gasteiger partial charge in [-0.1, -0.05) is 12.7 Å². The van der Waals surface area contributed by atoms with Crippen molar-refractivity contribution in [3.63, 3.8) is 0 Å². The van der Waals surface area contributed by atoms with Gasteiger partial charge in [-0.2, -0.15) is 0 Å². The van der Waals surface area contributed by atoms with E-state index >= 15 is 0 Å². The van der Waals surface area contributed by atoms with Gasteiger partial charge in [0.2, 0.25) is 0 Å². The summed E-state index contributed by atoms with van der Waals surface area (Å²) < 4.78 is 0. The van der Waals surface area contributed by atoms with Crippen LogP contribution in [0.4, 0.5) is 11.5 Å². The van der Waals surface area contributed by atoms with E-state index in [2.05, 4.69) is 28.6 Å². The van der Waals surface area contributed by atoms with Gasteiger partial charge in [0.05, 0.1) is 5.60 Å². The van der Waals surface area contributed by atoms with Gasteiger partial charge in [-0.3, -0.25) is 4.99 Å². The summed E-state index contributed by atoms with van der Waals surface area (Å²) >= 11 is 0. The summed E-state index contributed by atoms with van der Waals surface area (Å²) in [4.78, 5) is 8.17. The summed E-state index contributed by atoms with van der Waals surface area (Å²) in [6.45, 7) is 7.77. The number of anilines is 1. The van der Waals surface area contributed by atoms with Crippen molar-refractivity contribution in [3.05, 3.63) is 24.4 Å². The van der Waals surface area contributed by atoms with Crippen molar-refractivity contribution in [1.82, 2.24) is 4.98 Å². The Morgan fingerprint density at radius 3 is 2.88 bits per heavy atom. The van der Waals surface area contributed by atoms with Crippen molar-refractivity contribution in [2.75, 3.05) is 11.9 Å². The zero-order valence-corrected chi connectivity index (χ0v) is 9.82. The molecule has 1 heterocycles. The molecular weight excluding hydrogens is 214 g/mol. The van der Waals surface area contributed by atoms with Gasteiger partial charge in [-0.15, -0.1) is 0 Å². The van der Waals surface area contributed by atoms with E-state index in [1.54, 1.807) is 12.3 Å². The average Bonchev–Trinajstić information content (AvgIpc) is 2.33. The summed E-state index contributed by atoms with van der Waals surface area (Å²) in [6.07, 6.45) is 6.19. The maximum Gasteiger partial charge on any atom is 0.152 e. The van der Waals surface area contributed by atoms with Crippen molar-refractivity contribution in [2.45, 2.75) is 24.9 Å². The van der Waals surface area contributed by atoms with Gasteiger partial charge in [-0.05, 0) is 32.0 Å². The summed E-state index contributed by atoms with van der Waals surface area (Å²) in [6, 6.07) is 1.83. The van der Waals surface area contributed by atoms with Crippen LogP contribution in [0.25, 0.3) is 6.08 Å². The van der Waals surface area contributed by atoms with Crippen molar-refractivity contribution >= 4 is 24.3 Å². The van der Waals surface area contributed by atoms with Gasteiger partial charge in [0.25, 0.3) is 0 Å². The Labute approximate surface area is 101 Å². The van der Waals surface area contributed by atoms with Gasteiger partial charge in [0.1, 0.15) is 5.69 Å².